The molecule has 1 aromatic heterocycles. The van der Waals surface area contributed by atoms with E-state index in [1.807, 2.05) is 30.3 Å². The maximum Gasteiger partial charge on any atom is 0.270 e. The minimum atomic E-state index is -0.133. The van der Waals surface area contributed by atoms with E-state index in [0.29, 0.717) is 18.8 Å². The van der Waals surface area contributed by atoms with Crippen LogP contribution in [0.5, 0.6) is 0 Å². The molecule has 0 spiro atoms. The zero-order valence-electron chi connectivity index (χ0n) is 12.7. The number of nitrogens with one attached hydrogen (secondary N) is 1. The largest absolute Gasteiger partial charge is 0.350 e. The molecule has 0 aliphatic heterocycles. The molecule has 112 valence electrons. The molecule has 0 aliphatic carbocycles. The van der Waals surface area contributed by atoms with Crippen LogP contribution in [-0.2, 0) is 0 Å². The second-order valence-electron chi connectivity index (χ2n) is 5.47. The van der Waals surface area contributed by atoms with Crippen molar-refractivity contribution in [3.63, 3.8) is 0 Å². The van der Waals surface area contributed by atoms with Crippen molar-refractivity contribution in [1.29, 1.82) is 0 Å². The van der Waals surface area contributed by atoms with E-state index in [1.54, 1.807) is 6.20 Å². The predicted molar refractivity (Wildman–Crippen MR) is 86.1 cm³/mol. The van der Waals surface area contributed by atoms with Crippen molar-refractivity contribution in [1.82, 2.24) is 10.3 Å². The summed E-state index contributed by atoms with van der Waals surface area (Å²) in [6.07, 6.45) is 3.57. The molecule has 4 heteroatoms. The first kappa shape index (κ1) is 15.4. The van der Waals surface area contributed by atoms with E-state index in [4.69, 9.17) is 5.73 Å². The second-order valence-corrected chi connectivity index (χ2v) is 5.47. The van der Waals surface area contributed by atoms with Crippen LogP contribution in [0.15, 0.2) is 36.5 Å². The average Bonchev–Trinajstić information content (AvgIpc) is 2.56. The first-order chi connectivity index (χ1) is 10.2. The predicted octanol–water partition coefficient (Wildman–Crippen LogP) is 2.73. The van der Waals surface area contributed by atoms with Gasteiger partial charge in [0.2, 0.25) is 0 Å². The van der Waals surface area contributed by atoms with Gasteiger partial charge in [-0.05, 0) is 36.3 Å². The van der Waals surface area contributed by atoms with E-state index in [-0.39, 0.29) is 11.3 Å². The zero-order valence-corrected chi connectivity index (χ0v) is 12.7. The average molecular weight is 285 g/mol. The van der Waals surface area contributed by atoms with E-state index >= 15 is 0 Å². The van der Waals surface area contributed by atoms with E-state index in [2.05, 4.69) is 24.1 Å². The van der Waals surface area contributed by atoms with Crippen LogP contribution in [0.1, 0.15) is 37.2 Å². The number of benzene rings is 1. The quantitative estimate of drug-likeness (QED) is 0.857. The summed E-state index contributed by atoms with van der Waals surface area (Å²) in [5.41, 5.74) is 6.33. The highest BCUT2D eigenvalue weighted by molar-refractivity contribution is 6.05. The van der Waals surface area contributed by atoms with Crippen LogP contribution in [-0.4, -0.2) is 24.0 Å². The minimum Gasteiger partial charge on any atom is -0.350 e. The van der Waals surface area contributed by atoms with Crippen LogP contribution in [0.3, 0.4) is 0 Å². The number of hydrogen-bond donors (Lipinski definition) is 2. The Balaban J connectivity index is 2.20. The Hall–Kier alpha value is -1.94. The molecule has 1 aromatic carbocycles. The van der Waals surface area contributed by atoms with E-state index in [0.717, 1.165) is 23.6 Å². The highest BCUT2D eigenvalue weighted by Crippen LogP contribution is 2.24. The number of nitrogens with zero attached hydrogens (tertiary/aromatic N) is 1. The highest BCUT2D eigenvalue weighted by atomic mass is 16.1. The number of pyridine rings is 1. The second kappa shape index (κ2) is 6.68. The molecule has 0 bridgehead atoms. The molecule has 0 radical (unpaired) electrons. The number of rotatable bonds is 6. The van der Waals surface area contributed by atoms with Gasteiger partial charge in [-0.3, -0.25) is 9.78 Å². The molecule has 21 heavy (non-hydrogen) atoms. The first-order valence-corrected chi connectivity index (χ1v) is 7.48. The topological polar surface area (TPSA) is 68.0 Å². The lowest BCUT2D eigenvalue weighted by atomic mass is 9.82. The van der Waals surface area contributed by atoms with Crippen LogP contribution in [0.25, 0.3) is 10.8 Å². The fraction of sp³-hybridized carbons (Fsp3) is 0.412. The molecule has 0 unspecified atom stereocenters. The first-order valence-electron chi connectivity index (χ1n) is 7.48. The molecule has 1 amide bonds. The zero-order chi connectivity index (χ0) is 15.3. The fourth-order valence-electron chi connectivity index (χ4n) is 2.51. The molecule has 2 rings (SSSR count). The van der Waals surface area contributed by atoms with Crippen LogP contribution in [0.4, 0.5) is 0 Å². The number of carbonyl (C=O) groups is 1. The number of fused-ring (bicyclic) bond motifs is 1. The Bertz CT molecular complexity index is 607. The van der Waals surface area contributed by atoms with Gasteiger partial charge < -0.3 is 11.1 Å². The molecular formula is C17H23N3O. The third kappa shape index (κ3) is 3.22. The van der Waals surface area contributed by atoms with Gasteiger partial charge in [0.05, 0.1) is 0 Å². The van der Waals surface area contributed by atoms with E-state index < -0.39 is 0 Å². The maximum absolute atomic E-state index is 12.4. The minimum absolute atomic E-state index is 0.0275. The Labute approximate surface area is 125 Å². The standard InChI is InChI=1S/C17H23N3O/c1-3-17(4-2,11-18)12-20-16(21)15-14-8-6-5-7-13(14)9-10-19-15/h5-10H,3-4,11-12,18H2,1-2H3,(H,20,21). The number of aromatic nitrogens is 1. The third-order valence-electron chi connectivity index (χ3n) is 4.45. The molecular weight excluding hydrogens is 262 g/mol. The van der Waals surface area contributed by atoms with Crippen molar-refractivity contribution in [3.8, 4) is 0 Å². The summed E-state index contributed by atoms with van der Waals surface area (Å²) >= 11 is 0. The van der Waals surface area contributed by atoms with Crippen LogP contribution < -0.4 is 11.1 Å². The lowest BCUT2D eigenvalue weighted by Gasteiger charge is -2.30. The molecule has 4 nitrogen and oxygen atoms in total. The molecule has 0 saturated heterocycles. The molecule has 0 atom stereocenters. The molecule has 0 aliphatic rings. The Morgan fingerprint density at radius 2 is 1.95 bits per heavy atom. The van der Waals surface area contributed by atoms with Crippen molar-refractivity contribution in [2.45, 2.75) is 26.7 Å². The van der Waals surface area contributed by atoms with Gasteiger partial charge in [-0.15, -0.1) is 0 Å². The third-order valence-corrected chi connectivity index (χ3v) is 4.45. The van der Waals surface area contributed by atoms with Gasteiger partial charge >= 0.3 is 0 Å². The summed E-state index contributed by atoms with van der Waals surface area (Å²) in [5.74, 6) is -0.133. The summed E-state index contributed by atoms with van der Waals surface area (Å²) in [6, 6.07) is 9.69. The van der Waals surface area contributed by atoms with Crippen molar-refractivity contribution in [3.05, 3.63) is 42.2 Å². The van der Waals surface area contributed by atoms with Gasteiger partial charge in [0.1, 0.15) is 5.69 Å². The summed E-state index contributed by atoms with van der Waals surface area (Å²) in [7, 11) is 0. The molecule has 3 N–H and O–H groups in total. The van der Waals surface area contributed by atoms with Gasteiger partial charge in [-0.25, -0.2) is 0 Å². The number of carbonyl (C=O) groups excluding carboxylic acids is 1. The van der Waals surface area contributed by atoms with Gasteiger partial charge in [0, 0.05) is 18.1 Å². The molecule has 1 heterocycles. The Morgan fingerprint density at radius 3 is 2.62 bits per heavy atom. The van der Waals surface area contributed by atoms with Crippen LogP contribution >= 0.6 is 0 Å². The smallest absolute Gasteiger partial charge is 0.270 e. The van der Waals surface area contributed by atoms with Crippen molar-refractivity contribution < 1.29 is 4.79 Å². The van der Waals surface area contributed by atoms with E-state index in [9.17, 15) is 4.79 Å². The van der Waals surface area contributed by atoms with Gasteiger partial charge in [-0.1, -0.05) is 38.1 Å². The van der Waals surface area contributed by atoms with Gasteiger partial charge in [-0.2, -0.15) is 0 Å². The Kier molecular flexibility index (Phi) is 4.91. The number of hydrogen-bond acceptors (Lipinski definition) is 3. The monoisotopic (exact) mass is 285 g/mol. The maximum atomic E-state index is 12.4. The van der Waals surface area contributed by atoms with Gasteiger partial charge in [0.15, 0.2) is 0 Å². The lowest BCUT2D eigenvalue weighted by molar-refractivity contribution is 0.0925. The van der Waals surface area contributed by atoms with Crippen LogP contribution in [0.2, 0.25) is 0 Å². The summed E-state index contributed by atoms with van der Waals surface area (Å²) in [6.45, 7) is 5.38. The van der Waals surface area contributed by atoms with Gasteiger partial charge in [0.25, 0.3) is 5.91 Å². The van der Waals surface area contributed by atoms with Crippen molar-refractivity contribution in [2.75, 3.05) is 13.1 Å². The molecule has 0 saturated carbocycles. The van der Waals surface area contributed by atoms with Crippen molar-refractivity contribution >= 4 is 16.7 Å². The SMILES string of the molecule is CCC(CC)(CN)CNC(=O)c1nccc2ccccc12. The summed E-state index contributed by atoms with van der Waals surface area (Å²) < 4.78 is 0. The number of nitrogens with two attached hydrogens (primary N) is 1. The van der Waals surface area contributed by atoms with E-state index in [1.165, 1.54) is 0 Å². The van der Waals surface area contributed by atoms with Crippen LogP contribution in [0, 0.1) is 5.41 Å². The number of amides is 1. The highest BCUT2D eigenvalue weighted by Gasteiger charge is 2.25. The normalized spacial score (nSPS) is 11.6. The molecule has 2 aromatic rings. The Morgan fingerprint density at radius 1 is 1.24 bits per heavy atom. The summed E-state index contributed by atoms with van der Waals surface area (Å²) in [4.78, 5) is 16.7. The summed E-state index contributed by atoms with van der Waals surface area (Å²) in [5, 5.41) is 4.90. The fourth-order valence-corrected chi connectivity index (χ4v) is 2.51. The lowest BCUT2D eigenvalue weighted by Crippen LogP contribution is -2.42. The molecule has 0 fully saturated rings. The van der Waals surface area contributed by atoms with Crippen molar-refractivity contribution in [2.24, 2.45) is 11.1 Å².